The summed E-state index contributed by atoms with van der Waals surface area (Å²) in [4.78, 5) is 12.3. The molecule has 1 aromatic heterocycles. The van der Waals surface area contributed by atoms with Gasteiger partial charge in [-0.05, 0) is 47.9 Å². The lowest BCUT2D eigenvalue weighted by Crippen LogP contribution is -2.23. The standard InChI is InChI=1S/C21H23N3O2/c1-3-16-7-9-20(10-8-16)26-15-17-5-4-6-18(13-17)21(25)22-14-19-11-12-24(2)23-19/h4-13H,3,14-15H2,1-2H3,(H,22,25). The summed E-state index contributed by atoms with van der Waals surface area (Å²) in [6.07, 6.45) is 2.86. The van der Waals surface area contributed by atoms with Crippen LogP contribution in [0.2, 0.25) is 0 Å². The van der Waals surface area contributed by atoms with E-state index in [-0.39, 0.29) is 5.91 Å². The second-order valence-corrected chi connectivity index (χ2v) is 6.15. The number of nitrogens with one attached hydrogen (secondary N) is 1. The van der Waals surface area contributed by atoms with Crippen LogP contribution in [0.15, 0.2) is 60.8 Å². The Morgan fingerprint density at radius 3 is 2.62 bits per heavy atom. The van der Waals surface area contributed by atoms with Crippen LogP contribution in [-0.2, 0) is 26.6 Å². The predicted molar refractivity (Wildman–Crippen MR) is 101 cm³/mol. The summed E-state index contributed by atoms with van der Waals surface area (Å²) in [5.74, 6) is 0.706. The molecular formula is C21H23N3O2. The first-order chi connectivity index (χ1) is 12.6. The van der Waals surface area contributed by atoms with Gasteiger partial charge < -0.3 is 10.1 Å². The minimum atomic E-state index is -0.121. The van der Waals surface area contributed by atoms with Gasteiger partial charge in [-0.2, -0.15) is 5.10 Å². The van der Waals surface area contributed by atoms with Gasteiger partial charge in [0.25, 0.3) is 5.91 Å². The molecule has 134 valence electrons. The number of hydrogen-bond donors (Lipinski definition) is 1. The molecule has 5 heteroatoms. The van der Waals surface area contributed by atoms with Crippen molar-refractivity contribution in [2.75, 3.05) is 0 Å². The van der Waals surface area contributed by atoms with Crippen molar-refractivity contribution in [1.82, 2.24) is 15.1 Å². The highest BCUT2D eigenvalue weighted by Gasteiger charge is 2.07. The van der Waals surface area contributed by atoms with E-state index in [1.807, 2.05) is 49.6 Å². The fraction of sp³-hybridized carbons (Fsp3) is 0.238. The van der Waals surface area contributed by atoms with Gasteiger partial charge >= 0.3 is 0 Å². The first-order valence-electron chi connectivity index (χ1n) is 8.71. The molecule has 3 rings (SSSR count). The Hall–Kier alpha value is -3.08. The summed E-state index contributed by atoms with van der Waals surface area (Å²) >= 11 is 0. The molecule has 0 radical (unpaired) electrons. The van der Waals surface area contributed by atoms with E-state index in [0.29, 0.717) is 18.7 Å². The molecule has 0 spiro atoms. The normalized spacial score (nSPS) is 10.5. The maximum atomic E-state index is 12.3. The molecule has 1 amide bonds. The molecule has 0 aliphatic rings. The first-order valence-corrected chi connectivity index (χ1v) is 8.71. The zero-order chi connectivity index (χ0) is 18.4. The minimum absolute atomic E-state index is 0.121. The van der Waals surface area contributed by atoms with Gasteiger partial charge in [0, 0.05) is 18.8 Å². The Kier molecular flexibility index (Phi) is 5.69. The highest BCUT2D eigenvalue weighted by atomic mass is 16.5. The van der Waals surface area contributed by atoms with Crippen LogP contribution in [0.5, 0.6) is 5.75 Å². The summed E-state index contributed by atoms with van der Waals surface area (Å²) in [7, 11) is 1.85. The largest absolute Gasteiger partial charge is 0.489 e. The monoisotopic (exact) mass is 349 g/mol. The molecule has 1 N–H and O–H groups in total. The molecular weight excluding hydrogens is 326 g/mol. The third-order valence-electron chi connectivity index (χ3n) is 4.13. The topological polar surface area (TPSA) is 56.1 Å². The number of benzene rings is 2. The number of carbonyl (C=O) groups excluding carboxylic acids is 1. The number of nitrogens with zero attached hydrogens (tertiary/aromatic N) is 2. The van der Waals surface area contributed by atoms with E-state index < -0.39 is 0 Å². The second-order valence-electron chi connectivity index (χ2n) is 6.15. The lowest BCUT2D eigenvalue weighted by Gasteiger charge is -2.09. The number of aromatic nitrogens is 2. The Morgan fingerprint density at radius 1 is 1.12 bits per heavy atom. The average molecular weight is 349 g/mol. The minimum Gasteiger partial charge on any atom is -0.489 e. The van der Waals surface area contributed by atoms with Crippen LogP contribution in [0.1, 0.15) is 34.1 Å². The predicted octanol–water partition coefficient (Wildman–Crippen LogP) is 3.49. The fourth-order valence-electron chi connectivity index (χ4n) is 2.62. The lowest BCUT2D eigenvalue weighted by atomic mass is 10.1. The van der Waals surface area contributed by atoms with E-state index in [1.54, 1.807) is 10.7 Å². The number of hydrogen-bond acceptors (Lipinski definition) is 3. The summed E-state index contributed by atoms with van der Waals surface area (Å²) < 4.78 is 7.53. The Bertz CT molecular complexity index is 869. The van der Waals surface area contributed by atoms with Crippen molar-refractivity contribution in [3.8, 4) is 5.75 Å². The van der Waals surface area contributed by atoms with Gasteiger partial charge in [0.15, 0.2) is 0 Å². The van der Waals surface area contributed by atoms with Crippen molar-refractivity contribution in [3.63, 3.8) is 0 Å². The Labute approximate surface area is 153 Å². The van der Waals surface area contributed by atoms with E-state index in [0.717, 1.165) is 23.4 Å². The molecule has 5 nitrogen and oxygen atoms in total. The van der Waals surface area contributed by atoms with Crippen molar-refractivity contribution < 1.29 is 9.53 Å². The number of rotatable bonds is 7. The van der Waals surface area contributed by atoms with Gasteiger partial charge in [0.05, 0.1) is 12.2 Å². The highest BCUT2D eigenvalue weighted by molar-refractivity contribution is 5.94. The van der Waals surface area contributed by atoms with E-state index >= 15 is 0 Å². The summed E-state index contributed by atoms with van der Waals surface area (Å²) in [6.45, 7) is 2.96. The van der Waals surface area contributed by atoms with Crippen LogP contribution in [0, 0.1) is 0 Å². The van der Waals surface area contributed by atoms with Crippen LogP contribution in [-0.4, -0.2) is 15.7 Å². The molecule has 0 aliphatic heterocycles. The van der Waals surface area contributed by atoms with Gasteiger partial charge in [0.2, 0.25) is 0 Å². The van der Waals surface area contributed by atoms with E-state index in [1.165, 1.54) is 5.56 Å². The van der Waals surface area contributed by atoms with Crippen LogP contribution in [0.4, 0.5) is 0 Å². The number of aryl methyl sites for hydroxylation is 2. The van der Waals surface area contributed by atoms with Crippen molar-refractivity contribution in [2.45, 2.75) is 26.5 Å². The maximum Gasteiger partial charge on any atom is 0.251 e. The smallest absolute Gasteiger partial charge is 0.251 e. The fourth-order valence-corrected chi connectivity index (χ4v) is 2.62. The zero-order valence-electron chi connectivity index (χ0n) is 15.1. The van der Waals surface area contributed by atoms with E-state index in [2.05, 4.69) is 29.5 Å². The lowest BCUT2D eigenvalue weighted by molar-refractivity contribution is 0.0950. The number of ether oxygens (including phenoxy) is 1. The van der Waals surface area contributed by atoms with Crippen molar-refractivity contribution in [3.05, 3.63) is 83.2 Å². The molecule has 0 bridgehead atoms. The Morgan fingerprint density at radius 2 is 1.92 bits per heavy atom. The van der Waals surface area contributed by atoms with E-state index in [9.17, 15) is 4.79 Å². The third kappa shape index (κ3) is 4.72. The first kappa shape index (κ1) is 17.7. The number of amides is 1. The maximum absolute atomic E-state index is 12.3. The molecule has 1 heterocycles. The van der Waals surface area contributed by atoms with Gasteiger partial charge in [-0.1, -0.05) is 31.2 Å². The summed E-state index contributed by atoms with van der Waals surface area (Å²) in [5.41, 5.74) is 3.68. The molecule has 0 saturated carbocycles. The Balaban J connectivity index is 1.57. The van der Waals surface area contributed by atoms with Crippen molar-refractivity contribution in [1.29, 1.82) is 0 Å². The molecule has 0 unspecified atom stereocenters. The van der Waals surface area contributed by atoms with Gasteiger partial charge in [-0.15, -0.1) is 0 Å². The summed E-state index contributed by atoms with van der Waals surface area (Å²) in [5, 5.41) is 7.14. The van der Waals surface area contributed by atoms with Gasteiger partial charge in [-0.25, -0.2) is 0 Å². The molecule has 0 atom stereocenters. The molecule has 2 aromatic carbocycles. The van der Waals surface area contributed by atoms with Crippen LogP contribution in [0.25, 0.3) is 0 Å². The molecule has 0 fully saturated rings. The molecule has 26 heavy (non-hydrogen) atoms. The highest BCUT2D eigenvalue weighted by Crippen LogP contribution is 2.15. The number of carbonyl (C=O) groups is 1. The third-order valence-corrected chi connectivity index (χ3v) is 4.13. The van der Waals surface area contributed by atoms with Gasteiger partial charge in [0.1, 0.15) is 12.4 Å². The quantitative estimate of drug-likeness (QED) is 0.710. The molecule has 0 saturated heterocycles. The average Bonchev–Trinajstić information content (AvgIpc) is 3.10. The van der Waals surface area contributed by atoms with Crippen LogP contribution >= 0.6 is 0 Å². The van der Waals surface area contributed by atoms with Crippen LogP contribution in [0.3, 0.4) is 0 Å². The van der Waals surface area contributed by atoms with Crippen LogP contribution < -0.4 is 10.1 Å². The summed E-state index contributed by atoms with van der Waals surface area (Å²) in [6, 6.07) is 17.4. The van der Waals surface area contributed by atoms with Gasteiger partial charge in [-0.3, -0.25) is 9.48 Å². The van der Waals surface area contributed by atoms with Crippen molar-refractivity contribution in [2.24, 2.45) is 7.05 Å². The molecule has 3 aromatic rings. The van der Waals surface area contributed by atoms with Crippen molar-refractivity contribution >= 4 is 5.91 Å². The zero-order valence-corrected chi connectivity index (χ0v) is 15.1. The van der Waals surface area contributed by atoms with E-state index in [4.69, 9.17) is 4.74 Å². The SMILES string of the molecule is CCc1ccc(OCc2cccc(C(=O)NCc3ccn(C)n3)c2)cc1. The second kappa shape index (κ2) is 8.34. The molecule has 0 aliphatic carbocycles.